The van der Waals surface area contributed by atoms with Gasteiger partial charge in [-0.1, -0.05) is 323 Å². The third kappa shape index (κ3) is 44.4. The summed E-state index contributed by atoms with van der Waals surface area (Å²) >= 11 is 0. The summed E-state index contributed by atoms with van der Waals surface area (Å²) in [6.45, 7) is 8.82. The predicted molar refractivity (Wildman–Crippen MR) is 304 cm³/mol. The number of amides is 2. The van der Waals surface area contributed by atoms with Crippen LogP contribution in [0.1, 0.15) is 363 Å². The molecule has 0 atom stereocenters. The van der Waals surface area contributed by atoms with Gasteiger partial charge in [0.2, 0.25) is 0 Å². The molecule has 0 spiro atoms. The summed E-state index contributed by atoms with van der Waals surface area (Å²) < 4.78 is 6.30. The molecule has 0 saturated carbocycles. The van der Waals surface area contributed by atoms with Crippen LogP contribution >= 0.6 is 0 Å². The summed E-state index contributed by atoms with van der Waals surface area (Å²) in [5.41, 5.74) is 1.12. The molecule has 1 aromatic carbocycles. The minimum Gasteiger partial charge on any atom is -0.493 e. The topological polar surface area (TPSA) is 67.4 Å². The Kier molecular flexibility index (Phi) is 50.6. The molecule has 0 radical (unpaired) electrons. The molecule has 2 N–H and O–H groups in total. The highest BCUT2D eigenvalue weighted by atomic mass is 16.5. The van der Waals surface area contributed by atoms with Crippen LogP contribution in [0.3, 0.4) is 0 Å². The Balaban J connectivity index is 2.34. The number of carbonyl (C=O) groups is 2. The highest BCUT2D eigenvalue weighted by molar-refractivity contribution is 6.00. The quantitative estimate of drug-likeness (QED) is 0.0639. The Hall–Kier alpha value is -2.04. The summed E-state index contributed by atoms with van der Waals surface area (Å²) in [5, 5.41) is 6.31. The lowest BCUT2D eigenvalue weighted by Crippen LogP contribution is -2.26. The summed E-state index contributed by atoms with van der Waals surface area (Å²) in [7, 11) is 0. The standard InChI is InChI=1S/C64H120N2O3/c1-4-7-10-13-16-19-22-25-28-30-32-34-36-39-42-45-48-51-56-65-63(67)60-54-55-61(62(59-60)69-58-53-50-47-44-41-38-27-24-21-18-15-12-9-6-3)64(68)66-57-52-49-46-43-40-37-35-33-31-29-26-23-20-17-14-11-8-5-2/h54-55,59H,4-53,56-58H2,1-3H3,(H,65,67)(H,66,68). The first-order valence-electron chi connectivity index (χ1n) is 31.5. The third-order valence-corrected chi connectivity index (χ3v) is 14.9. The smallest absolute Gasteiger partial charge is 0.255 e. The number of benzene rings is 1. The highest BCUT2D eigenvalue weighted by Gasteiger charge is 2.16. The summed E-state index contributed by atoms with van der Waals surface area (Å²) in [4.78, 5) is 26.7. The van der Waals surface area contributed by atoms with E-state index in [0.717, 1.165) is 38.5 Å². The Labute approximate surface area is 431 Å². The molecule has 0 fully saturated rings. The fourth-order valence-electron chi connectivity index (χ4n) is 10.1. The van der Waals surface area contributed by atoms with Crippen molar-refractivity contribution in [3.05, 3.63) is 29.3 Å². The zero-order valence-corrected chi connectivity index (χ0v) is 46.9. The van der Waals surface area contributed by atoms with Gasteiger partial charge in [-0.2, -0.15) is 0 Å². The number of hydrogen-bond acceptors (Lipinski definition) is 3. The molecule has 0 aliphatic carbocycles. The van der Waals surface area contributed by atoms with Crippen molar-refractivity contribution in [3.63, 3.8) is 0 Å². The minimum absolute atomic E-state index is 0.0749. The lowest BCUT2D eigenvalue weighted by atomic mass is 10.0. The summed E-state index contributed by atoms with van der Waals surface area (Å²) in [6.07, 6.45) is 67.3. The predicted octanol–water partition coefficient (Wildman–Crippen LogP) is 21.1. The molecule has 0 aromatic heterocycles. The second-order valence-electron chi connectivity index (χ2n) is 21.7. The average Bonchev–Trinajstić information content (AvgIpc) is 3.36. The summed E-state index contributed by atoms with van der Waals surface area (Å²) in [6, 6.07) is 5.41. The zero-order chi connectivity index (χ0) is 49.6. The van der Waals surface area contributed by atoms with E-state index in [1.165, 1.54) is 283 Å². The van der Waals surface area contributed by atoms with E-state index in [2.05, 4.69) is 31.4 Å². The van der Waals surface area contributed by atoms with E-state index in [0.29, 0.717) is 36.6 Å². The van der Waals surface area contributed by atoms with Crippen molar-refractivity contribution in [2.75, 3.05) is 19.7 Å². The maximum absolute atomic E-state index is 13.5. The van der Waals surface area contributed by atoms with E-state index in [9.17, 15) is 9.59 Å². The Morgan fingerprint density at radius 2 is 0.565 bits per heavy atom. The first kappa shape index (κ1) is 65.0. The lowest BCUT2D eigenvalue weighted by molar-refractivity contribution is 0.0937. The molecular formula is C64H120N2O3. The molecule has 0 aliphatic heterocycles. The van der Waals surface area contributed by atoms with Gasteiger partial charge in [0.05, 0.1) is 12.2 Å². The molecular weight excluding hydrogens is 845 g/mol. The maximum Gasteiger partial charge on any atom is 0.255 e. The van der Waals surface area contributed by atoms with Crippen molar-refractivity contribution in [1.29, 1.82) is 0 Å². The Morgan fingerprint density at radius 3 is 0.855 bits per heavy atom. The van der Waals surface area contributed by atoms with Crippen LogP contribution in [-0.2, 0) is 0 Å². The largest absolute Gasteiger partial charge is 0.493 e. The van der Waals surface area contributed by atoms with Crippen LogP contribution in [-0.4, -0.2) is 31.5 Å². The highest BCUT2D eigenvalue weighted by Crippen LogP contribution is 2.23. The van der Waals surface area contributed by atoms with E-state index < -0.39 is 0 Å². The molecule has 404 valence electrons. The monoisotopic (exact) mass is 965 g/mol. The number of hydrogen-bond donors (Lipinski definition) is 2. The fraction of sp³-hybridized carbons (Fsp3) is 0.875. The van der Waals surface area contributed by atoms with E-state index in [1.807, 2.05) is 0 Å². The lowest BCUT2D eigenvalue weighted by Gasteiger charge is -2.14. The van der Waals surface area contributed by atoms with Crippen LogP contribution in [0, 0.1) is 0 Å². The number of ether oxygens (including phenoxy) is 1. The van der Waals surface area contributed by atoms with Gasteiger partial charge >= 0.3 is 0 Å². The van der Waals surface area contributed by atoms with Gasteiger partial charge in [-0.15, -0.1) is 0 Å². The van der Waals surface area contributed by atoms with Crippen LogP contribution in [0.5, 0.6) is 5.75 Å². The van der Waals surface area contributed by atoms with Gasteiger partial charge in [0, 0.05) is 18.7 Å². The molecule has 0 unspecified atom stereocenters. The van der Waals surface area contributed by atoms with Crippen molar-refractivity contribution in [2.45, 2.75) is 342 Å². The number of rotatable bonds is 56. The molecule has 0 bridgehead atoms. The molecule has 0 aliphatic rings. The van der Waals surface area contributed by atoms with Crippen LogP contribution in [0.4, 0.5) is 0 Å². The average molecular weight is 966 g/mol. The minimum atomic E-state index is -0.0938. The molecule has 1 rings (SSSR count). The SMILES string of the molecule is CCCCCCCCCCCCCCCCCCCCNC(=O)c1ccc(C(=O)NCCCCCCCCCCCCCCCCCCCC)c(OCCCCCCCCCCCCCCCC)c1. The second kappa shape index (κ2) is 53.8. The van der Waals surface area contributed by atoms with Gasteiger partial charge < -0.3 is 15.4 Å². The number of carbonyl (C=O) groups excluding carboxylic acids is 2. The van der Waals surface area contributed by atoms with Gasteiger partial charge in [0.25, 0.3) is 11.8 Å². The van der Waals surface area contributed by atoms with Gasteiger partial charge in [-0.25, -0.2) is 0 Å². The van der Waals surface area contributed by atoms with Gasteiger partial charge in [-0.3, -0.25) is 9.59 Å². The third-order valence-electron chi connectivity index (χ3n) is 14.9. The normalized spacial score (nSPS) is 11.4. The molecule has 5 nitrogen and oxygen atoms in total. The van der Waals surface area contributed by atoms with E-state index in [4.69, 9.17) is 4.74 Å². The Bertz CT molecular complexity index is 1220. The van der Waals surface area contributed by atoms with Crippen molar-refractivity contribution >= 4 is 11.8 Å². The fourth-order valence-corrected chi connectivity index (χ4v) is 10.1. The van der Waals surface area contributed by atoms with Gasteiger partial charge in [0.15, 0.2) is 0 Å². The molecule has 0 saturated heterocycles. The zero-order valence-electron chi connectivity index (χ0n) is 46.9. The van der Waals surface area contributed by atoms with Crippen LogP contribution in [0.15, 0.2) is 18.2 Å². The molecule has 69 heavy (non-hydrogen) atoms. The summed E-state index contributed by atoms with van der Waals surface area (Å²) in [5.74, 6) is 0.374. The van der Waals surface area contributed by atoms with Crippen LogP contribution in [0.25, 0.3) is 0 Å². The van der Waals surface area contributed by atoms with Gasteiger partial charge in [-0.05, 0) is 37.5 Å². The molecule has 5 heteroatoms. The van der Waals surface area contributed by atoms with Crippen LogP contribution < -0.4 is 15.4 Å². The molecule has 1 aromatic rings. The number of unbranched alkanes of at least 4 members (excludes halogenated alkanes) is 47. The molecule has 0 heterocycles. The first-order chi connectivity index (χ1) is 34.1. The van der Waals surface area contributed by atoms with Gasteiger partial charge in [0.1, 0.15) is 5.75 Å². The van der Waals surface area contributed by atoms with Crippen molar-refractivity contribution in [3.8, 4) is 5.75 Å². The Morgan fingerprint density at radius 1 is 0.319 bits per heavy atom. The first-order valence-corrected chi connectivity index (χ1v) is 31.5. The van der Waals surface area contributed by atoms with E-state index >= 15 is 0 Å². The van der Waals surface area contributed by atoms with Crippen LogP contribution in [0.2, 0.25) is 0 Å². The second-order valence-corrected chi connectivity index (χ2v) is 21.7. The van der Waals surface area contributed by atoms with Crippen molar-refractivity contribution in [2.24, 2.45) is 0 Å². The maximum atomic E-state index is 13.5. The van der Waals surface area contributed by atoms with E-state index in [1.54, 1.807) is 18.2 Å². The van der Waals surface area contributed by atoms with Crippen molar-refractivity contribution < 1.29 is 14.3 Å². The molecule has 2 amide bonds. The number of nitrogens with one attached hydrogen (secondary N) is 2. The van der Waals surface area contributed by atoms with E-state index in [-0.39, 0.29) is 11.8 Å². The van der Waals surface area contributed by atoms with Crippen molar-refractivity contribution in [1.82, 2.24) is 10.6 Å².